The van der Waals surface area contributed by atoms with Crippen LogP contribution in [0.2, 0.25) is 0 Å². The minimum absolute atomic E-state index is 0.0321. The van der Waals surface area contributed by atoms with Crippen LogP contribution in [0.25, 0.3) is 16.8 Å². The first-order valence-corrected chi connectivity index (χ1v) is 11.9. The topological polar surface area (TPSA) is 120 Å². The van der Waals surface area contributed by atoms with Crippen LogP contribution >= 0.6 is 22.6 Å². The third-order valence-corrected chi connectivity index (χ3v) is 7.48. The fraction of sp³-hybridized carbons (Fsp3) is 0.409. The SMILES string of the molecule is C[C@@H]1CN2c3c(cc4c(-n5cc(I)cn5)noc4c3F)CC3(C(=O)CC(=O)NC3=O)[C@H]2[C@H](C)O1. The number of carbonyl (C=O) groups excluding carboxylic acids is 3. The van der Waals surface area contributed by atoms with Crippen molar-refractivity contribution < 1.29 is 28.0 Å². The van der Waals surface area contributed by atoms with Gasteiger partial charge in [-0.2, -0.15) is 5.10 Å². The molecule has 2 fully saturated rings. The smallest absolute Gasteiger partial charge is 0.242 e. The van der Waals surface area contributed by atoms with Gasteiger partial charge in [0.25, 0.3) is 0 Å². The number of hydrogen-bond acceptors (Lipinski definition) is 8. The molecule has 176 valence electrons. The fourth-order valence-corrected chi connectivity index (χ4v) is 6.10. The van der Waals surface area contributed by atoms with Crippen LogP contribution in [-0.2, 0) is 25.5 Å². The number of aromatic nitrogens is 3. The predicted octanol–water partition coefficient (Wildman–Crippen LogP) is 1.90. The molecule has 34 heavy (non-hydrogen) atoms. The van der Waals surface area contributed by atoms with E-state index in [4.69, 9.17) is 9.26 Å². The Morgan fingerprint density at radius 2 is 2.09 bits per heavy atom. The summed E-state index contributed by atoms with van der Waals surface area (Å²) in [5.74, 6) is -2.11. The summed E-state index contributed by atoms with van der Waals surface area (Å²) < 4.78 is 29.8. The fourth-order valence-electron chi connectivity index (χ4n) is 5.72. The number of imide groups is 1. The van der Waals surface area contributed by atoms with E-state index in [2.05, 4.69) is 38.2 Å². The maximum atomic E-state index is 16.0. The molecule has 3 aliphatic heterocycles. The Bertz CT molecular complexity index is 1380. The minimum atomic E-state index is -1.58. The summed E-state index contributed by atoms with van der Waals surface area (Å²) in [6.07, 6.45) is 2.03. The lowest BCUT2D eigenvalue weighted by molar-refractivity contribution is -0.158. The second-order valence-corrected chi connectivity index (χ2v) is 10.3. The van der Waals surface area contributed by atoms with Gasteiger partial charge in [0.15, 0.2) is 11.6 Å². The van der Waals surface area contributed by atoms with Gasteiger partial charge in [0, 0.05) is 12.7 Å². The lowest BCUT2D eigenvalue weighted by Crippen LogP contribution is -2.72. The average Bonchev–Trinajstić information content (AvgIpc) is 3.37. The Labute approximate surface area is 205 Å². The van der Waals surface area contributed by atoms with Gasteiger partial charge in [-0.25, -0.2) is 9.07 Å². The molecule has 0 radical (unpaired) electrons. The van der Waals surface area contributed by atoms with Gasteiger partial charge < -0.3 is 14.2 Å². The number of fused-ring (bicyclic) bond motifs is 5. The number of hydrogen-bond donors (Lipinski definition) is 1. The lowest BCUT2D eigenvalue weighted by Gasteiger charge is -2.55. The highest BCUT2D eigenvalue weighted by Gasteiger charge is 2.62. The molecule has 12 heteroatoms. The molecule has 5 heterocycles. The predicted molar refractivity (Wildman–Crippen MR) is 124 cm³/mol. The quantitative estimate of drug-likeness (QED) is 0.264. The van der Waals surface area contributed by atoms with Gasteiger partial charge in [0.2, 0.25) is 23.2 Å². The summed E-state index contributed by atoms with van der Waals surface area (Å²) in [5, 5.41) is 11.0. The van der Waals surface area contributed by atoms with Crippen LogP contribution < -0.4 is 10.2 Å². The zero-order valence-electron chi connectivity index (χ0n) is 18.2. The summed E-state index contributed by atoms with van der Waals surface area (Å²) in [5.41, 5.74) is -0.888. The van der Waals surface area contributed by atoms with Crippen LogP contribution in [0.5, 0.6) is 0 Å². The van der Waals surface area contributed by atoms with Crippen molar-refractivity contribution in [3.63, 3.8) is 0 Å². The number of nitrogens with one attached hydrogen (secondary N) is 1. The molecule has 1 aromatic carbocycles. The Morgan fingerprint density at radius 1 is 1.29 bits per heavy atom. The molecule has 1 N–H and O–H groups in total. The molecule has 2 amide bonds. The van der Waals surface area contributed by atoms with E-state index in [1.165, 1.54) is 4.68 Å². The zero-order valence-corrected chi connectivity index (χ0v) is 20.3. The zero-order chi connectivity index (χ0) is 23.9. The molecule has 10 nitrogen and oxygen atoms in total. The first-order valence-electron chi connectivity index (χ1n) is 10.8. The van der Waals surface area contributed by atoms with Crippen LogP contribution in [0.1, 0.15) is 25.8 Å². The van der Waals surface area contributed by atoms with Crippen molar-refractivity contribution in [2.75, 3.05) is 11.4 Å². The first kappa shape index (κ1) is 21.6. The lowest BCUT2D eigenvalue weighted by atomic mass is 9.63. The number of piperidine rings is 1. The van der Waals surface area contributed by atoms with Crippen molar-refractivity contribution in [3.8, 4) is 5.82 Å². The summed E-state index contributed by atoms with van der Waals surface area (Å²) in [6.45, 7) is 3.88. The third kappa shape index (κ3) is 2.84. The van der Waals surface area contributed by atoms with Gasteiger partial charge >= 0.3 is 0 Å². The van der Waals surface area contributed by atoms with E-state index in [0.717, 1.165) is 3.57 Å². The number of carbonyl (C=O) groups is 3. The molecule has 3 aliphatic rings. The third-order valence-electron chi connectivity index (χ3n) is 6.93. The van der Waals surface area contributed by atoms with Gasteiger partial charge in [0.1, 0.15) is 5.41 Å². The number of rotatable bonds is 1. The van der Waals surface area contributed by atoms with E-state index >= 15 is 4.39 Å². The van der Waals surface area contributed by atoms with Gasteiger partial charge in [-0.1, -0.05) is 5.16 Å². The highest BCUT2D eigenvalue weighted by molar-refractivity contribution is 14.1. The number of ketones is 1. The molecule has 1 spiro atoms. The monoisotopic (exact) mass is 579 g/mol. The molecular weight excluding hydrogens is 560 g/mol. The number of benzene rings is 1. The number of morpholine rings is 1. The molecule has 2 saturated heterocycles. The van der Waals surface area contributed by atoms with Crippen LogP contribution in [0, 0.1) is 14.8 Å². The number of halogens is 2. The molecule has 4 atom stereocenters. The Kier molecular flexibility index (Phi) is 4.66. The Balaban J connectivity index is 1.60. The van der Waals surface area contributed by atoms with Crippen molar-refractivity contribution in [2.45, 2.75) is 44.9 Å². The number of Topliss-reactive ketones (excluding diaryl/α,β-unsaturated/α-hetero) is 1. The van der Waals surface area contributed by atoms with Crippen LogP contribution in [-0.4, -0.2) is 57.3 Å². The van der Waals surface area contributed by atoms with Gasteiger partial charge in [-0.3, -0.25) is 19.7 Å². The average molecular weight is 579 g/mol. The maximum Gasteiger partial charge on any atom is 0.242 e. The standard InChI is InChI=1S/C22H19FIN5O5/c1-9-7-28-17-11(3-13-18(16(17)23)34-27-20(13)29-8-12(24)6-25-29)5-22(19(28)10(2)33-9)14(30)4-15(31)26-21(22)32/h3,6,8-10,19H,4-5,7H2,1-2H3,(H,26,31,32)/t9-,10+,19-,22?/m1/s1. The minimum Gasteiger partial charge on any atom is -0.372 e. The molecular formula is C22H19FIN5O5. The number of ether oxygens (including phenoxy) is 1. The second kappa shape index (κ2) is 7.31. The van der Waals surface area contributed by atoms with Crippen molar-refractivity contribution >= 4 is 56.8 Å². The highest BCUT2D eigenvalue weighted by Crippen LogP contribution is 2.50. The molecule has 2 aromatic heterocycles. The molecule has 0 aliphatic carbocycles. The van der Waals surface area contributed by atoms with Gasteiger partial charge in [0.05, 0.1) is 45.5 Å². The summed E-state index contributed by atoms with van der Waals surface area (Å²) in [6, 6.07) is 0.923. The van der Waals surface area contributed by atoms with Crippen molar-refractivity contribution in [3.05, 3.63) is 33.4 Å². The Morgan fingerprint density at radius 3 is 2.79 bits per heavy atom. The molecule has 3 aromatic rings. The summed E-state index contributed by atoms with van der Waals surface area (Å²) >= 11 is 2.10. The molecule has 1 unspecified atom stereocenters. The second-order valence-electron chi connectivity index (χ2n) is 9.06. The van der Waals surface area contributed by atoms with Crippen LogP contribution in [0.4, 0.5) is 10.1 Å². The largest absolute Gasteiger partial charge is 0.372 e. The Hall–Kier alpha value is -2.87. The molecule has 0 bridgehead atoms. The summed E-state index contributed by atoms with van der Waals surface area (Å²) in [7, 11) is 0. The number of nitrogens with zero attached hydrogens (tertiary/aromatic N) is 4. The van der Waals surface area contributed by atoms with E-state index in [-0.39, 0.29) is 30.3 Å². The van der Waals surface area contributed by atoms with Gasteiger partial charge in [-0.05, 0) is 54.5 Å². The van der Waals surface area contributed by atoms with Crippen LogP contribution in [0.3, 0.4) is 0 Å². The maximum absolute atomic E-state index is 16.0. The normalized spacial score (nSPS) is 28.9. The van der Waals surface area contributed by atoms with E-state index in [1.807, 2.05) is 6.92 Å². The van der Waals surface area contributed by atoms with Crippen LogP contribution in [0.15, 0.2) is 23.0 Å². The summed E-state index contributed by atoms with van der Waals surface area (Å²) in [4.78, 5) is 40.4. The van der Waals surface area contributed by atoms with Crippen molar-refractivity contribution in [1.82, 2.24) is 20.3 Å². The molecule has 0 saturated carbocycles. The van der Waals surface area contributed by atoms with Crippen molar-refractivity contribution in [1.29, 1.82) is 0 Å². The van der Waals surface area contributed by atoms with E-state index in [9.17, 15) is 14.4 Å². The van der Waals surface area contributed by atoms with Crippen molar-refractivity contribution in [2.24, 2.45) is 5.41 Å². The van der Waals surface area contributed by atoms with E-state index in [0.29, 0.717) is 16.8 Å². The highest BCUT2D eigenvalue weighted by atomic mass is 127. The number of amides is 2. The van der Waals surface area contributed by atoms with E-state index < -0.39 is 47.4 Å². The van der Waals surface area contributed by atoms with E-state index in [1.54, 1.807) is 30.3 Å². The number of anilines is 1. The molecule has 6 rings (SSSR count). The first-order chi connectivity index (χ1) is 16.2. The van der Waals surface area contributed by atoms with Gasteiger partial charge in [-0.15, -0.1) is 0 Å².